The van der Waals surface area contributed by atoms with Gasteiger partial charge in [-0.2, -0.15) is 0 Å². The topological polar surface area (TPSA) is 131 Å². The summed E-state index contributed by atoms with van der Waals surface area (Å²) in [4.78, 5) is 55.7. The van der Waals surface area contributed by atoms with Crippen LogP contribution in [0.15, 0.2) is 18.2 Å². The molecule has 1 aromatic rings. The molecule has 3 heterocycles. The van der Waals surface area contributed by atoms with E-state index in [0.717, 1.165) is 19.3 Å². The Bertz CT molecular complexity index is 1260. The van der Waals surface area contributed by atoms with Crippen molar-refractivity contribution >= 4 is 23.9 Å². The SMILES string of the molecule is CCOC(=O)[C@@]12C[C@H]1C#CCCCCC[C@H](N)C(=O)N1C[C@H](OC(=O)N3Cc4cccc(F)c4C3)C[C@H]1C(=O)N2. The molecule has 0 unspecified atom stereocenters. The van der Waals surface area contributed by atoms with Crippen molar-refractivity contribution in [1.82, 2.24) is 15.1 Å². The lowest BCUT2D eigenvalue weighted by molar-refractivity contribution is -0.150. The van der Waals surface area contributed by atoms with Crippen molar-refractivity contribution in [3.8, 4) is 11.8 Å². The Balaban J connectivity index is 1.33. The molecule has 11 heteroatoms. The highest BCUT2D eigenvalue weighted by atomic mass is 19.1. The fourth-order valence-electron chi connectivity index (χ4n) is 5.80. The number of nitrogens with zero attached hydrogens (tertiary/aromatic N) is 2. The zero-order chi connectivity index (χ0) is 28.4. The molecule has 1 saturated carbocycles. The van der Waals surface area contributed by atoms with Crippen LogP contribution in [0.25, 0.3) is 0 Å². The summed E-state index contributed by atoms with van der Waals surface area (Å²) in [5.74, 6) is 3.97. The summed E-state index contributed by atoms with van der Waals surface area (Å²) in [6.07, 6.45) is 2.48. The van der Waals surface area contributed by atoms with Gasteiger partial charge in [-0.3, -0.25) is 14.5 Å². The highest BCUT2D eigenvalue weighted by molar-refractivity contribution is 5.96. The summed E-state index contributed by atoms with van der Waals surface area (Å²) in [6, 6.07) is 2.90. The highest BCUT2D eigenvalue weighted by Crippen LogP contribution is 2.44. The largest absolute Gasteiger partial charge is 0.464 e. The van der Waals surface area contributed by atoms with Crippen molar-refractivity contribution in [2.24, 2.45) is 11.7 Å². The van der Waals surface area contributed by atoms with E-state index >= 15 is 0 Å². The van der Waals surface area contributed by atoms with E-state index in [1.165, 1.54) is 15.9 Å². The molecular weight excluding hydrogens is 519 g/mol. The van der Waals surface area contributed by atoms with Gasteiger partial charge in [-0.05, 0) is 37.8 Å². The van der Waals surface area contributed by atoms with Crippen molar-refractivity contribution in [1.29, 1.82) is 0 Å². The monoisotopic (exact) mass is 554 g/mol. The molecule has 3 N–H and O–H groups in total. The molecule has 214 valence electrons. The number of hydrogen-bond acceptors (Lipinski definition) is 7. The lowest BCUT2D eigenvalue weighted by atomic mass is 10.1. The smallest absolute Gasteiger partial charge is 0.410 e. The molecule has 0 bridgehead atoms. The molecule has 3 aliphatic heterocycles. The van der Waals surface area contributed by atoms with E-state index in [4.69, 9.17) is 15.2 Å². The average molecular weight is 555 g/mol. The Hall–Kier alpha value is -3.65. The Labute approximate surface area is 232 Å². The third-order valence-corrected chi connectivity index (χ3v) is 8.16. The van der Waals surface area contributed by atoms with Gasteiger partial charge in [0.15, 0.2) is 5.54 Å². The lowest BCUT2D eigenvalue weighted by Crippen LogP contribution is -2.55. The third kappa shape index (κ3) is 5.50. The molecule has 1 saturated heterocycles. The molecule has 40 heavy (non-hydrogen) atoms. The summed E-state index contributed by atoms with van der Waals surface area (Å²) in [7, 11) is 0. The van der Waals surface area contributed by atoms with E-state index in [1.807, 2.05) is 0 Å². The number of nitrogens with two attached hydrogens (primary N) is 1. The summed E-state index contributed by atoms with van der Waals surface area (Å²) < 4.78 is 25.2. The van der Waals surface area contributed by atoms with Crippen molar-refractivity contribution in [3.63, 3.8) is 0 Å². The molecule has 5 atom stereocenters. The van der Waals surface area contributed by atoms with Crippen LogP contribution in [0, 0.1) is 23.6 Å². The van der Waals surface area contributed by atoms with E-state index in [2.05, 4.69) is 17.2 Å². The number of esters is 1. The van der Waals surface area contributed by atoms with Gasteiger partial charge >= 0.3 is 12.1 Å². The van der Waals surface area contributed by atoms with Gasteiger partial charge in [0.05, 0.1) is 31.7 Å². The first-order valence-electron chi connectivity index (χ1n) is 14.0. The van der Waals surface area contributed by atoms with E-state index in [0.29, 0.717) is 30.4 Å². The number of halogens is 1. The first kappa shape index (κ1) is 27.9. The van der Waals surface area contributed by atoms with Crippen LogP contribution in [0.1, 0.15) is 63.0 Å². The quantitative estimate of drug-likeness (QED) is 0.432. The number of ether oxygens (including phenoxy) is 2. The van der Waals surface area contributed by atoms with Crippen LogP contribution in [-0.2, 0) is 36.9 Å². The average Bonchev–Trinajstić information content (AvgIpc) is 3.24. The molecule has 0 spiro atoms. The molecule has 10 nitrogen and oxygen atoms in total. The van der Waals surface area contributed by atoms with Gasteiger partial charge < -0.3 is 25.4 Å². The minimum absolute atomic E-state index is 0.0127. The highest BCUT2D eigenvalue weighted by Gasteiger charge is 2.63. The van der Waals surface area contributed by atoms with Crippen molar-refractivity contribution < 1.29 is 33.0 Å². The van der Waals surface area contributed by atoms with E-state index in [9.17, 15) is 23.6 Å². The fraction of sp³-hybridized carbons (Fsp3) is 0.586. The summed E-state index contributed by atoms with van der Waals surface area (Å²) in [5, 5.41) is 2.83. The van der Waals surface area contributed by atoms with Crippen LogP contribution >= 0.6 is 0 Å². The number of hydrogen-bond donors (Lipinski definition) is 2. The van der Waals surface area contributed by atoms with Crippen LogP contribution in [0.2, 0.25) is 0 Å². The summed E-state index contributed by atoms with van der Waals surface area (Å²) in [5.41, 5.74) is 6.14. The number of carbonyl (C=O) groups is 4. The van der Waals surface area contributed by atoms with Crippen LogP contribution in [0.4, 0.5) is 9.18 Å². The van der Waals surface area contributed by atoms with E-state index < -0.39 is 47.6 Å². The summed E-state index contributed by atoms with van der Waals surface area (Å²) >= 11 is 0. The van der Waals surface area contributed by atoms with Crippen LogP contribution in [-0.4, -0.2) is 70.6 Å². The Morgan fingerprint density at radius 3 is 2.83 bits per heavy atom. The molecule has 3 amide bonds. The third-order valence-electron chi connectivity index (χ3n) is 8.16. The first-order chi connectivity index (χ1) is 19.2. The Kier molecular flexibility index (Phi) is 7.99. The maximum atomic E-state index is 14.2. The van der Waals surface area contributed by atoms with Gasteiger partial charge in [0.25, 0.3) is 0 Å². The van der Waals surface area contributed by atoms with Gasteiger partial charge in [0.2, 0.25) is 11.8 Å². The fourth-order valence-corrected chi connectivity index (χ4v) is 5.80. The molecule has 0 aromatic heterocycles. The molecule has 0 radical (unpaired) electrons. The molecule has 1 aliphatic carbocycles. The van der Waals surface area contributed by atoms with Crippen molar-refractivity contribution in [3.05, 3.63) is 35.1 Å². The van der Waals surface area contributed by atoms with E-state index in [1.54, 1.807) is 19.1 Å². The van der Waals surface area contributed by atoms with Gasteiger partial charge in [0.1, 0.15) is 18.0 Å². The number of nitrogens with one attached hydrogen (secondary N) is 1. The van der Waals surface area contributed by atoms with Gasteiger partial charge in [0, 0.05) is 24.9 Å². The van der Waals surface area contributed by atoms with Crippen molar-refractivity contribution in [2.45, 2.75) is 88.7 Å². The predicted octanol–water partition coefficient (Wildman–Crippen LogP) is 1.98. The maximum absolute atomic E-state index is 14.2. The normalized spacial score (nSPS) is 30.0. The van der Waals surface area contributed by atoms with Gasteiger partial charge in [-0.15, -0.1) is 5.92 Å². The minimum Gasteiger partial charge on any atom is -0.464 e. The zero-order valence-electron chi connectivity index (χ0n) is 22.6. The number of rotatable bonds is 3. The van der Waals surface area contributed by atoms with Gasteiger partial charge in [-0.25, -0.2) is 14.0 Å². The number of amides is 3. The van der Waals surface area contributed by atoms with Crippen molar-refractivity contribution in [2.75, 3.05) is 13.2 Å². The number of carbonyl (C=O) groups excluding carboxylic acids is 4. The van der Waals surface area contributed by atoms with Crippen LogP contribution in [0.5, 0.6) is 0 Å². The number of fused-ring (bicyclic) bond motifs is 3. The summed E-state index contributed by atoms with van der Waals surface area (Å²) in [6.45, 7) is 2.12. The minimum atomic E-state index is -1.27. The predicted molar refractivity (Wildman–Crippen MR) is 140 cm³/mol. The molecular formula is C29H35FN4O6. The van der Waals surface area contributed by atoms with Gasteiger partial charge in [-0.1, -0.05) is 30.9 Å². The molecule has 1 aromatic carbocycles. The maximum Gasteiger partial charge on any atom is 0.410 e. The zero-order valence-corrected chi connectivity index (χ0v) is 22.6. The van der Waals surface area contributed by atoms with Crippen LogP contribution < -0.4 is 11.1 Å². The molecule has 2 fully saturated rings. The molecule has 5 rings (SSSR count). The van der Waals surface area contributed by atoms with Crippen LogP contribution in [0.3, 0.4) is 0 Å². The molecule has 4 aliphatic rings. The first-order valence-corrected chi connectivity index (χ1v) is 14.0. The Morgan fingerprint density at radius 1 is 1.23 bits per heavy atom. The second kappa shape index (κ2) is 11.5. The Morgan fingerprint density at radius 2 is 2.05 bits per heavy atom. The second-order valence-electron chi connectivity index (χ2n) is 10.9. The second-order valence-corrected chi connectivity index (χ2v) is 10.9. The number of benzene rings is 1. The lowest BCUT2D eigenvalue weighted by Gasteiger charge is -2.28. The van der Waals surface area contributed by atoms with E-state index in [-0.39, 0.29) is 44.4 Å². The standard InChI is InChI=1S/C29H35FN4O6/c1-2-39-27(37)29-14-19(29)10-6-4-3-5-7-12-23(31)26(36)34-16-20(13-24(34)25(35)32-29)40-28(38)33-15-18-9-8-11-22(30)21(18)17-33/h8-9,11,19-20,23-24H,2-5,7,12-17,31H2,1H3,(H,32,35)/t19-,20-,23+,24+,29-/m1/s1.